The summed E-state index contributed by atoms with van der Waals surface area (Å²) in [5.74, 6) is -1.14. The van der Waals surface area contributed by atoms with E-state index in [0.29, 0.717) is 10.6 Å². The van der Waals surface area contributed by atoms with Crippen LogP contribution in [-0.2, 0) is 9.59 Å². The summed E-state index contributed by atoms with van der Waals surface area (Å²) in [7, 11) is 0. The number of carbonyl (C=O) groups is 3. The molecule has 5 heteroatoms. The van der Waals surface area contributed by atoms with Crippen LogP contribution in [-0.4, -0.2) is 29.0 Å². The lowest BCUT2D eigenvalue weighted by Crippen LogP contribution is -2.35. The van der Waals surface area contributed by atoms with Gasteiger partial charge in [-0.2, -0.15) is 0 Å². The number of imide groups is 1. The Kier molecular flexibility index (Phi) is 3.48. The molecule has 0 saturated carbocycles. The number of nitrogens with zero attached hydrogens (tertiary/aromatic N) is 1. The maximum atomic E-state index is 11.9. The molecule has 1 unspecified atom stereocenters. The van der Waals surface area contributed by atoms with Crippen molar-refractivity contribution in [2.45, 2.75) is 13.3 Å². The van der Waals surface area contributed by atoms with Gasteiger partial charge in [-0.3, -0.25) is 19.3 Å². The number of hydrogen-bond acceptors (Lipinski definition) is 3. The van der Waals surface area contributed by atoms with Gasteiger partial charge < -0.3 is 0 Å². The van der Waals surface area contributed by atoms with Crippen molar-refractivity contribution in [2.75, 3.05) is 6.54 Å². The molecule has 0 aromatic heterocycles. The van der Waals surface area contributed by atoms with E-state index in [1.54, 1.807) is 31.2 Å². The van der Waals surface area contributed by atoms with E-state index in [2.05, 4.69) is 0 Å². The summed E-state index contributed by atoms with van der Waals surface area (Å²) in [6, 6.07) is 6.37. The summed E-state index contributed by atoms with van der Waals surface area (Å²) in [6.07, 6.45) is 0.187. The largest absolute Gasteiger partial charge is 0.292 e. The molecule has 4 nitrogen and oxygen atoms in total. The molecule has 1 fully saturated rings. The van der Waals surface area contributed by atoms with E-state index >= 15 is 0 Å². The highest BCUT2D eigenvalue weighted by molar-refractivity contribution is 6.30. The number of ketones is 1. The maximum absolute atomic E-state index is 11.9. The molecule has 94 valence electrons. The van der Waals surface area contributed by atoms with Gasteiger partial charge in [0.1, 0.15) is 0 Å². The fourth-order valence-electron chi connectivity index (χ4n) is 1.89. The second-order valence-corrected chi connectivity index (χ2v) is 4.79. The van der Waals surface area contributed by atoms with E-state index in [-0.39, 0.29) is 36.5 Å². The standard InChI is InChI=1S/C13H12ClNO3/c1-8-6-12(17)15(13(8)18)7-11(16)9-2-4-10(14)5-3-9/h2-5,8H,6-7H2,1H3. The SMILES string of the molecule is CC1CC(=O)N(CC(=O)c2ccc(Cl)cc2)C1=O. The summed E-state index contributed by atoms with van der Waals surface area (Å²) in [5, 5.41) is 0.536. The van der Waals surface area contributed by atoms with Crippen LogP contribution < -0.4 is 0 Å². The van der Waals surface area contributed by atoms with E-state index in [1.807, 2.05) is 0 Å². The second kappa shape index (κ2) is 4.90. The van der Waals surface area contributed by atoms with Crippen LogP contribution in [0.1, 0.15) is 23.7 Å². The van der Waals surface area contributed by atoms with Crippen LogP contribution in [0.2, 0.25) is 5.02 Å². The number of halogens is 1. The van der Waals surface area contributed by atoms with Gasteiger partial charge in [-0.15, -0.1) is 0 Å². The number of carbonyl (C=O) groups excluding carboxylic acids is 3. The van der Waals surface area contributed by atoms with Gasteiger partial charge >= 0.3 is 0 Å². The number of hydrogen-bond donors (Lipinski definition) is 0. The first-order chi connectivity index (χ1) is 8.49. The Labute approximate surface area is 110 Å². The molecule has 0 spiro atoms. The highest BCUT2D eigenvalue weighted by atomic mass is 35.5. The summed E-state index contributed by atoms with van der Waals surface area (Å²) < 4.78 is 0. The molecular weight excluding hydrogens is 254 g/mol. The highest BCUT2D eigenvalue weighted by Gasteiger charge is 2.36. The molecule has 0 radical (unpaired) electrons. The normalized spacial score (nSPS) is 19.4. The van der Waals surface area contributed by atoms with Crippen molar-refractivity contribution >= 4 is 29.2 Å². The van der Waals surface area contributed by atoms with Crippen LogP contribution in [0.3, 0.4) is 0 Å². The second-order valence-electron chi connectivity index (χ2n) is 4.35. The summed E-state index contributed by atoms with van der Waals surface area (Å²) in [6.45, 7) is 1.50. The van der Waals surface area contributed by atoms with Crippen molar-refractivity contribution in [3.63, 3.8) is 0 Å². The molecule has 0 aliphatic carbocycles. The molecule has 0 N–H and O–H groups in total. The topological polar surface area (TPSA) is 54.5 Å². The number of benzene rings is 1. The lowest BCUT2D eigenvalue weighted by atomic mass is 10.1. The third kappa shape index (κ3) is 2.43. The van der Waals surface area contributed by atoms with Gasteiger partial charge in [0.2, 0.25) is 11.8 Å². The van der Waals surface area contributed by atoms with Gasteiger partial charge in [0.15, 0.2) is 5.78 Å². The van der Waals surface area contributed by atoms with Gasteiger partial charge in [-0.1, -0.05) is 18.5 Å². The Morgan fingerprint density at radius 2 is 1.94 bits per heavy atom. The third-order valence-corrected chi connectivity index (χ3v) is 3.19. The molecule has 2 amide bonds. The first-order valence-corrected chi connectivity index (χ1v) is 6.00. The van der Waals surface area contributed by atoms with Crippen molar-refractivity contribution in [3.05, 3.63) is 34.9 Å². The summed E-state index contributed by atoms with van der Waals surface area (Å²) in [5.41, 5.74) is 0.444. The number of amides is 2. The zero-order valence-electron chi connectivity index (χ0n) is 9.85. The molecular formula is C13H12ClNO3. The van der Waals surface area contributed by atoms with Crippen LogP contribution in [0.4, 0.5) is 0 Å². The van der Waals surface area contributed by atoms with Crippen LogP contribution in [0.15, 0.2) is 24.3 Å². The van der Waals surface area contributed by atoms with Crippen LogP contribution >= 0.6 is 11.6 Å². The third-order valence-electron chi connectivity index (χ3n) is 2.94. The highest BCUT2D eigenvalue weighted by Crippen LogP contribution is 2.19. The van der Waals surface area contributed by atoms with E-state index in [9.17, 15) is 14.4 Å². The van der Waals surface area contributed by atoms with Gasteiger partial charge in [-0.25, -0.2) is 0 Å². The molecule has 1 aromatic carbocycles. The average Bonchev–Trinajstić information content (AvgIpc) is 2.57. The van der Waals surface area contributed by atoms with Gasteiger partial charge in [0, 0.05) is 22.9 Å². The Morgan fingerprint density at radius 1 is 1.33 bits per heavy atom. The predicted octanol–water partition coefficient (Wildman–Crippen LogP) is 1.92. The minimum absolute atomic E-state index is 0.187. The molecule has 1 aliphatic heterocycles. The van der Waals surface area contributed by atoms with Crippen molar-refractivity contribution in [1.29, 1.82) is 0 Å². The molecule has 0 bridgehead atoms. The molecule has 1 aromatic rings. The molecule has 1 saturated heterocycles. The summed E-state index contributed by atoms with van der Waals surface area (Å²) in [4.78, 5) is 36.2. The summed E-state index contributed by atoms with van der Waals surface area (Å²) >= 11 is 5.72. The Hall–Kier alpha value is -1.68. The molecule has 1 heterocycles. The van der Waals surface area contributed by atoms with E-state index < -0.39 is 0 Å². The van der Waals surface area contributed by atoms with Crippen LogP contribution in [0, 0.1) is 5.92 Å². The lowest BCUT2D eigenvalue weighted by Gasteiger charge is -2.13. The predicted molar refractivity (Wildman–Crippen MR) is 66.3 cm³/mol. The Bertz CT molecular complexity index is 509. The fraction of sp³-hybridized carbons (Fsp3) is 0.308. The van der Waals surface area contributed by atoms with Crippen molar-refractivity contribution < 1.29 is 14.4 Å². The first kappa shape index (κ1) is 12.8. The molecule has 18 heavy (non-hydrogen) atoms. The first-order valence-electron chi connectivity index (χ1n) is 5.62. The zero-order chi connectivity index (χ0) is 13.3. The monoisotopic (exact) mass is 265 g/mol. The van der Waals surface area contributed by atoms with E-state index in [0.717, 1.165) is 4.90 Å². The number of likely N-dealkylation sites (tertiary alicyclic amines) is 1. The van der Waals surface area contributed by atoms with Crippen molar-refractivity contribution in [1.82, 2.24) is 4.90 Å². The minimum atomic E-state index is -0.324. The zero-order valence-corrected chi connectivity index (χ0v) is 10.6. The average molecular weight is 266 g/mol. The smallest absolute Gasteiger partial charge is 0.232 e. The lowest BCUT2D eigenvalue weighted by molar-refractivity contribution is -0.138. The molecule has 2 rings (SSSR count). The number of Topliss-reactive ketones (excluding diaryl/α,β-unsaturated/α-hetero) is 1. The van der Waals surface area contributed by atoms with Gasteiger partial charge in [0.05, 0.1) is 6.54 Å². The van der Waals surface area contributed by atoms with Gasteiger partial charge in [0.25, 0.3) is 0 Å². The minimum Gasteiger partial charge on any atom is -0.292 e. The Balaban J connectivity index is 2.10. The van der Waals surface area contributed by atoms with Crippen molar-refractivity contribution in [3.8, 4) is 0 Å². The fourth-order valence-corrected chi connectivity index (χ4v) is 2.01. The molecule has 1 atom stereocenters. The van der Waals surface area contributed by atoms with Crippen LogP contribution in [0.25, 0.3) is 0 Å². The van der Waals surface area contributed by atoms with E-state index in [1.165, 1.54) is 0 Å². The quantitative estimate of drug-likeness (QED) is 0.620. The van der Waals surface area contributed by atoms with Gasteiger partial charge in [-0.05, 0) is 24.3 Å². The maximum Gasteiger partial charge on any atom is 0.232 e. The molecule has 1 aliphatic rings. The van der Waals surface area contributed by atoms with E-state index in [4.69, 9.17) is 11.6 Å². The van der Waals surface area contributed by atoms with Crippen LogP contribution in [0.5, 0.6) is 0 Å². The van der Waals surface area contributed by atoms with Crippen molar-refractivity contribution in [2.24, 2.45) is 5.92 Å². The number of rotatable bonds is 3. The Morgan fingerprint density at radius 3 is 2.44 bits per heavy atom.